The molecule has 0 aliphatic carbocycles. The van der Waals surface area contributed by atoms with Crippen molar-refractivity contribution in [3.63, 3.8) is 0 Å². The van der Waals surface area contributed by atoms with Gasteiger partial charge < -0.3 is 11.1 Å². The van der Waals surface area contributed by atoms with Crippen LogP contribution in [0.1, 0.15) is 46.1 Å². The second kappa shape index (κ2) is 6.42. The number of aromatic nitrogens is 2. The first-order chi connectivity index (χ1) is 8.13. The Bertz CT molecular complexity index is 347. The molecule has 1 aromatic rings. The summed E-state index contributed by atoms with van der Waals surface area (Å²) in [6, 6.07) is 0.407. The standard InChI is InChI=1S/C13H24N4/c1-5-10(6-2)9(4)17-13-11(7-3)12(14)15-8-16-13/h8-10H,5-7H2,1-4H3,(H3,14,15,16,17). The highest BCUT2D eigenvalue weighted by atomic mass is 15.1. The second-order valence-corrected chi connectivity index (χ2v) is 4.45. The lowest BCUT2D eigenvalue weighted by molar-refractivity contribution is 0.437. The molecule has 1 aromatic heterocycles. The Balaban J connectivity index is 2.84. The van der Waals surface area contributed by atoms with Crippen molar-refractivity contribution in [1.82, 2.24) is 9.97 Å². The first-order valence-electron chi connectivity index (χ1n) is 6.49. The van der Waals surface area contributed by atoms with Gasteiger partial charge in [0.15, 0.2) is 0 Å². The maximum Gasteiger partial charge on any atom is 0.134 e. The third-order valence-corrected chi connectivity index (χ3v) is 3.45. The van der Waals surface area contributed by atoms with E-state index in [0.717, 1.165) is 17.8 Å². The minimum Gasteiger partial charge on any atom is -0.383 e. The van der Waals surface area contributed by atoms with E-state index >= 15 is 0 Å². The summed E-state index contributed by atoms with van der Waals surface area (Å²) < 4.78 is 0. The van der Waals surface area contributed by atoms with Gasteiger partial charge in [0, 0.05) is 11.6 Å². The number of anilines is 2. The Labute approximate surface area is 104 Å². The van der Waals surface area contributed by atoms with Gasteiger partial charge in [-0.25, -0.2) is 9.97 Å². The average Bonchev–Trinajstić information content (AvgIpc) is 2.31. The van der Waals surface area contributed by atoms with E-state index in [1.54, 1.807) is 0 Å². The number of rotatable bonds is 6. The van der Waals surface area contributed by atoms with E-state index in [1.807, 2.05) is 0 Å². The molecule has 0 aliphatic heterocycles. The average molecular weight is 236 g/mol. The van der Waals surface area contributed by atoms with Crippen LogP contribution in [0.3, 0.4) is 0 Å². The summed E-state index contributed by atoms with van der Waals surface area (Å²) in [5, 5.41) is 3.47. The van der Waals surface area contributed by atoms with E-state index in [9.17, 15) is 0 Å². The van der Waals surface area contributed by atoms with Crippen molar-refractivity contribution in [3.8, 4) is 0 Å². The predicted octanol–water partition coefficient (Wildman–Crippen LogP) is 2.86. The molecule has 1 atom stereocenters. The molecule has 1 rings (SSSR count). The largest absolute Gasteiger partial charge is 0.383 e. The third-order valence-electron chi connectivity index (χ3n) is 3.45. The van der Waals surface area contributed by atoms with Gasteiger partial charge in [0.25, 0.3) is 0 Å². The molecule has 0 aliphatic rings. The van der Waals surface area contributed by atoms with Gasteiger partial charge in [0.2, 0.25) is 0 Å². The summed E-state index contributed by atoms with van der Waals surface area (Å²) >= 11 is 0. The van der Waals surface area contributed by atoms with Gasteiger partial charge >= 0.3 is 0 Å². The molecule has 1 unspecified atom stereocenters. The van der Waals surface area contributed by atoms with E-state index in [-0.39, 0.29) is 0 Å². The maximum atomic E-state index is 5.86. The number of nitrogens with two attached hydrogens (primary N) is 1. The number of nitrogen functional groups attached to an aromatic ring is 1. The second-order valence-electron chi connectivity index (χ2n) is 4.45. The zero-order valence-corrected chi connectivity index (χ0v) is 11.3. The van der Waals surface area contributed by atoms with Crippen LogP contribution < -0.4 is 11.1 Å². The lowest BCUT2D eigenvalue weighted by Gasteiger charge is -2.24. The molecule has 0 saturated heterocycles. The fourth-order valence-electron chi connectivity index (χ4n) is 2.23. The van der Waals surface area contributed by atoms with Crippen LogP contribution in [0.2, 0.25) is 0 Å². The summed E-state index contributed by atoms with van der Waals surface area (Å²) in [6.45, 7) is 8.72. The quantitative estimate of drug-likeness (QED) is 0.797. The SMILES string of the molecule is CCc1c(N)ncnc1NC(C)C(CC)CC. The van der Waals surface area contributed by atoms with Crippen molar-refractivity contribution >= 4 is 11.6 Å². The molecule has 3 N–H and O–H groups in total. The Morgan fingerprint density at radius 1 is 1.24 bits per heavy atom. The summed E-state index contributed by atoms with van der Waals surface area (Å²) in [5.41, 5.74) is 6.88. The van der Waals surface area contributed by atoms with Crippen molar-refractivity contribution in [2.24, 2.45) is 5.92 Å². The van der Waals surface area contributed by atoms with Crippen molar-refractivity contribution in [2.45, 2.75) is 53.0 Å². The first-order valence-corrected chi connectivity index (χ1v) is 6.49. The summed E-state index contributed by atoms with van der Waals surface area (Å²) in [7, 11) is 0. The van der Waals surface area contributed by atoms with Crippen LogP contribution in [0.4, 0.5) is 11.6 Å². The van der Waals surface area contributed by atoms with E-state index in [0.29, 0.717) is 17.8 Å². The fraction of sp³-hybridized carbons (Fsp3) is 0.692. The van der Waals surface area contributed by atoms with Crippen LogP contribution in [-0.2, 0) is 6.42 Å². The maximum absolute atomic E-state index is 5.86. The van der Waals surface area contributed by atoms with Gasteiger partial charge in [-0.1, -0.05) is 33.6 Å². The molecule has 4 heteroatoms. The lowest BCUT2D eigenvalue weighted by atomic mass is 9.95. The van der Waals surface area contributed by atoms with Crippen LogP contribution in [0.15, 0.2) is 6.33 Å². The van der Waals surface area contributed by atoms with E-state index < -0.39 is 0 Å². The van der Waals surface area contributed by atoms with Gasteiger partial charge in [-0.15, -0.1) is 0 Å². The fourth-order valence-corrected chi connectivity index (χ4v) is 2.23. The predicted molar refractivity (Wildman–Crippen MR) is 73.0 cm³/mol. The van der Waals surface area contributed by atoms with Crippen molar-refractivity contribution in [1.29, 1.82) is 0 Å². The van der Waals surface area contributed by atoms with Crippen LogP contribution >= 0.6 is 0 Å². The minimum absolute atomic E-state index is 0.407. The highest BCUT2D eigenvalue weighted by Crippen LogP contribution is 2.22. The number of nitrogens with zero attached hydrogens (tertiary/aromatic N) is 2. The Morgan fingerprint density at radius 3 is 2.41 bits per heavy atom. The number of nitrogens with one attached hydrogen (secondary N) is 1. The topological polar surface area (TPSA) is 63.8 Å². The van der Waals surface area contributed by atoms with Crippen LogP contribution in [-0.4, -0.2) is 16.0 Å². The van der Waals surface area contributed by atoms with Crippen molar-refractivity contribution < 1.29 is 0 Å². The highest BCUT2D eigenvalue weighted by Gasteiger charge is 2.16. The van der Waals surface area contributed by atoms with Crippen molar-refractivity contribution in [2.75, 3.05) is 11.1 Å². The summed E-state index contributed by atoms with van der Waals surface area (Å²) in [6.07, 6.45) is 4.72. The lowest BCUT2D eigenvalue weighted by Crippen LogP contribution is -2.26. The van der Waals surface area contributed by atoms with Gasteiger partial charge in [-0.05, 0) is 19.3 Å². The highest BCUT2D eigenvalue weighted by molar-refractivity contribution is 5.55. The summed E-state index contributed by atoms with van der Waals surface area (Å²) in [4.78, 5) is 8.33. The first kappa shape index (κ1) is 13.7. The smallest absolute Gasteiger partial charge is 0.134 e. The third kappa shape index (κ3) is 3.32. The van der Waals surface area contributed by atoms with Gasteiger partial charge in [0.1, 0.15) is 18.0 Å². The number of hydrogen-bond acceptors (Lipinski definition) is 4. The van der Waals surface area contributed by atoms with Crippen LogP contribution in [0.5, 0.6) is 0 Å². The number of hydrogen-bond donors (Lipinski definition) is 2. The molecule has 1 heterocycles. The van der Waals surface area contributed by atoms with E-state index in [1.165, 1.54) is 19.2 Å². The molecule has 4 nitrogen and oxygen atoms in total. The van der Waals surface area contributed by atoms with Crippen molar-refractivity contribution in [3.05, 3.63) is 11.9 Å². The minimum atomic E-state index is 0.407. The van der Waals surface area contributed by atoms with E-state index in [4.69, 9.17) is 5.73 Å². The molecule has 0 bridgehead atoms. The molecule has 17 heavy (non-hydrogen) atoms. The normalized spacial score (nSPS) is 12.8. The Kier molecular flexibility index (Phi) is 5.19. The Hall–Kier alpha value is -1.32. The van der Waals surface area contributed by atoms with Crippen LogP contribution in [0, 0.1) is 5.92 Å². The summed E-state index contributed by atoms with van der Waals surface area (Å²) in [5.74, 6) is 2.14. The van der Waals surface area contributed by atoms with Gasteiger partial charge in [-0.2, -0.15) is 0 Å². The molecule has 0 saturated carbocycles. The molecular weight excluding hydrogens is 212 g/mol. The van der Waals surface area contributed by atoms with Gasteiger partial charge in [-0.3, -0.25) is 0 Å². The monoisotopic (exact) mass is 236 g/mol. The molecule has 0 spiro atoms. The zero-order chi connectivity index (χ0) is 12.8. The molecule has 0 fully saturated rings. The van der Waals surface area contributed by atoms with E-state index in [2.05, 4.69) is 43.0 Å². The van der Waals surface area contributed by atoms with Gasteiger partial charge in [0.05, 0.1) is 0 Å². The Morgan fingerprint density at radius 2 is 1.88 bits per heavy atom. The molecule has 0 amide bonds. The molecule has 0 aromatic carbocycles. The molecule has 0 radical (unpaired) electrons. The molecular formula is C13H24N4. The molecule has 96 valence electrons. The van der Waals surface area contributed by atoms with Crippen LogP contribution in [0.25, 0.3) is 0 Å². The zero-order valence-electron chi connectivity index (χ0n) is 11.3.